The highest BCUT2D eigenvalue weighted by Crippen LogP contribution is 2.42. The molecule has 0 aliphatic carbocycles. The number of hydrogen-bond acceptors (Lipinski definition) is 2. The monoisotopic (exact) mass is 328 g/mol. The normalized spacial score (nSPS) is 15.8. The van der Waals surface area contributed by atoms with Crippen LogP contribution in [-0.4, -0.2) is 11.8 Å². The van der Waals surface area contributed by atoms with Crippen molar-refractivity contribution in [3.63, 3.8) is 0 Å². The molecule has 3 aromatic rings. The molecule has 0 aromatic heterocycles. The number of rotatable bonds is 3. The van der Waals surface area contributed by atoms with Crippen LogP contribution in [-0.2, 0) is 9.59 Å². The molecule has 4 rings (SSSR count). The second kappa shape index (κ2) is 6.24. The molecule has 1 heterocycles. The van der Waals surface area contributed by atoms with Crippen LogP contribution < -0.4 is 10.2 Å². The largest absolute Gasteiger partial charge is 0.325 e. The van der Waals surface area contributed by atoms with E-state index in [2.05, 4.69) is 5.32 Å². The Kier molecular flexibility index (Phi) is 3.78. The molecule has 4 nitrogen and oxygen atoms in total. The number of carbonyl (C=O) groups is 2. The van der Waals surface area contributed by atoms with E-state index in [1.807, 2.05) is 72.8 Å². The van der Waals surface area contributed by atoms with Gasteiger partial charge in [-0.15, -0.1) is 0 Å². The summed E-state index contributed by atoms with van der Waals surface area (Å²) in [6.07, 6.45) is 0. The van der Waals surface area contributed by atoms with Gasteiger partial charge in [0, 0.05) is 11.4 Å². The third kappa shape index (κ3) is 2.68. The first-order chi connectivity index (χ1) is 12.3. The summed E-state index contributed by atoms with van der Waals surface area (Å²) in [5, 5.41) is 2.84. The predicted molar refractivity (Wildman–Crippen MR) is 97.8 cm³/mol. The Balaban J connectivity index is 1.72. The van der Waals surface area contributed by atoms with E-state index in [1.165, 1.54) is 0 Å². The van der Waals surface area contributed by atoms with E-state index in [4.69, 9.17) is 0 Å². The second-order valence-corrected chi connectivity index (χ2v) is 5.86. The van der Waals surface area contributed by atoms with E-state index in [1.54, 1.807) is 17.0 Å². The molecule has 1 N–H and O–H groups in total. The lowest BCUT2D eigenvalue weighted by Crippen LogP contribution is -2.31. The summed E-state index contributed by atoms with van der Waals surface area (Å²) in [7, 11) is 0. The third-order valence-corrected chi connectivity index (χ3v) is 4.27. The molecule has 2 amide bonds. The van der Waals surface area contributed by atoms with Crippen molar-refractivity contribution in [2.45, 2.75) is 5.92 Å². The van der Waals surface area contributed by atoms with E-state index in [0.717, 1.165) is 16.9 Å². The Labute approximate surface area is 145 Å². The highest BCUT2D eigenvalue weighted by Gasteiger charge is 2.42. The van der Waals surface area contributed by atoms with Gasteiger partial charge in [0.1, 0.15) is 5.92 Å². The van der Waals surface area contributed by atoms with Crippen LogP contribution in [0.25, 0.3) is 0 Å². The number of fused-ring (bicyclic) bond motifs is 1. The smallest absolute Gasteiger partial charge is 0.248 e. The maximum absolute atomic E-state index is 13.1. The minimum atomic E-state index is -0.850. The summed E-state index contributed by atoms with van der Waals surface area (Å²) in [5.41, 5.74) is 2.92. The van der Waals surface area contributed by atoms with Gasteiger partial charge in [0.25, 0.3) is 0 Å². The maximum Gasteiger partial charge on any atom is 0.248 e. The molecule has 1 aliphatic heterocycles. The van der Waals surface area contributed by atoms with Gasteiger partial charge in [0.15, 0.2) is 0 Å². The van der Waals surface area contributed by atoms with Gasteiger partial charge in [-0.1, -0.05) is 54.6 Å². The second-order valence-electron chi connectivity index (χ2n) is 5.86. The van der Waals surface area contributed by atoms with Crippen LogP contribution in [0.4, 0.5) is 17.1 Å². The molecule has 3 aromatic carbocycles. The van der Waals surface area contributed by atoms with Crippen LogP contribution >= 0.6 is 0 Å². The lowest BCUT2D eigenvalue weighted by atomic mass is 10.00. The van der Waals surface area contributed by atoms with Gasteiger partial charge in [-0.25, -0.2) is 0 Å². The third-order valence-electron chi connectivity index (χ3n) is 4.27. The van der Waals surface area contributed by atoms with Gasteiger partial charge in [0.2, 0.25) is 11.8 Å². The van der Waals surface area contributed by atoms with Crippen molar-refractivity contribution < 1.29 is 9.59 Å². The lowest BCUT2D eigenvalue weighted by Gasteiger charge is -2.18. The number of amides is 2. The van der Waals surface area contributed by atoms with Crippen molar-refractivity contribution in [1.29, 1.82) is 0 Å². The van der Waals surface area contributed by atoms with Crippen LogP contribution in [0, 0.1) is 0 Å². The molecular formula is C21H16N2O2. The highest BCUT2D eigenvalue weighted by atomic mass is 16.2. The molecule has 1 atom stereocenters. The summed E-state index contributed by atoms with van der Waals surface area (Å²) in [5.74, 6) is -1.40. The van der Waals surface area contributed by atoms with E-state index in [-0.39, 0.29) is 11.8 Å². The van der Waals surface area contributed by atoms with Crippen molar-refractivity contribution in [3.8, 4) is 0 Å². The highest BCUT2D eigenvalue weighted by molar-refractivity contribution is 6.22. The zero-order chi connectivity index (χ0) is 17.2. The van der Waals surface area contributed by atoms with Gasteiger partial charge in [-0.3, -0.25) is 14.5 Å². The van der Waals surface area contributed by atoms with Crippen LogP contribution in [0.15, 0.2) is 84.9 Å². The maximum atomic E-state index is 13.1. The van der Waals surface area contributed by atoms with Gasteiger partial charge in [-0.05, 0) is 35.9 Å². The number of para-hydroxylation sites is 3. The molecule has 25 heavy (non-hydrogen) atoms. The molecule has 0 fully saturated rings. The Hall–Kier alpha value is -3.40. The average Bonchev–Trinajstić information content (AvgIpc) is 2.95. The summed E-state index contributed by atoms with van der Waals surface area (Å²) < 4.78 is 0. The van der Waals surface area contributed by atoms with Crippen LogP contribution in [0.5, 0.6) is 0 Å². The first kappa shape index (κ1) is 15.1. The molecule has 0 spiro atoms. The van der Waals surface area contributed by atoms with E-state index in [9.17, 15) is 9.59 Å². The molecule has 0 saturated heterocycles. The fourth-order valence-electron chi connectivity index (χ4n) is 3.15. The molecule has 122 valence electrons. The molecule has 0 saturated carbocycles. The first-order valence-electron chi connectivity index (χ1n) is 8.09. The standard InChI is InChI=1S/C21H16N2O2/c24-20(22-15-9-3-1-4-10-15)19-17-13-7-8-14-18(17)23(21(19)25)16-11-5-2-6-12-16/h1-14,19H,(H,22,24)/t19-/m0/s1. The molecule has 0 radical (unpaired) electrons. The predicted octanol–water partition coefficient (Wildman–Crippen LogP) is 4.09. The fourth-order valence-corrected chi connectivity index (χ4v) is 3.15. The summed E-state index contributed by atoms with van der Waals surface area (Å²) in [6, 6.07) is 26.0. The Morgan fingerprint density at radius 3 is 2.12 bits per heavy atom. The number of benzene rings is 3. The Morgan fingerprint density at radius 1 is 0.800 bits per heavy atom. The van der Waals surface area contributed by atoms with Gasteiger partial charge in [0.05, 0.1) is 5.69 Å². The van der Waals surface area contributed by atoms with Crippen LogP contribution in [0.3, 0.4) is 0 Å². The summed E-state index contributed by atoms with van der Waals surface area (Å²) in [4.78, 5) is 27.5. The summed E-state index contributed by atoms with van der Waals surface area (Å²) in [6.45, 7) is 0. The van der Waals surface area contributed by atoms with Crippen molar-refractivity contribution >= 4 is 28.9 Å². The SMILES string of the molecule is O=C(Nc1ccccc1)[C@H]1C(=O)N(c2ccccc2)c2ccccc21. The number of nitrogens with one attached hydrogen (secondary N) is 1. The van der Waals surface area contributed by atoms with E-state index >= 15 is 0 Å². The van der Waals surface area contributed by atoms with Crippen LogP contribution in [0.1, 0.15) is 11.5 Å². The number of nitrogens with zero attached hydrogens (tertiary/aromatic N) is 1. The van der Waals surface area contributed by atoms with Crippen molar-refractivity contribution in [2.75, 3.05) is 10.2 Å². The van der Waals surface area contributed by atoms with Gasteiger partial charge >= 0.3 is 0 Å². The fraction of sp³-hybridized carbons (Fsp3) is 0.0476. The summed E-state index contributed by atoms with van der Waals surface area (Å²) >= 11 is 0. The minimum absolute atomic E-state index is 0.235. The van der Waals surface area contributed by atoms with E-state index < -0.39 is 5.92 Å². The van der Waals surface area contributed by atoms with E-state index in [0.29, 0.717) is 5.69 Å². The quantitative estimate of drug-likeness (QED) is 0.736. The van der Waals surface area contributed by atoms with Gasteiger partial charge in [-0.2, -0.15) is 0 Å². The molecule has 4 heteroatoms. The number of anilines is 3. The zero-order valence-electron chi connectivity index (χ0n) is 13.4. The van der Waals surface area contributed by atoms with Crippen molar-refractivity contribution in [1.82, 2.24) is 0 Å². The molecule has 1 aliphatic rings. The molecule has 0 unspecified atom stereocenters. The van der Waals surface area contributed by atoms with Crippen LogP contribution in [0.2, 0.25) is 0 Å². The lowest BCUT2D eigenvalue weighted by molar-refractivity contribution is -0.126. The van der Waals surface area contributed by atoms with Crippen molar-refractivity contribution in [2.24, 2.45) is 0 Å². The topological polar surface area (TPSA) is 49.4 Å². The molecular weight excluding hydrogens is 312 g/mol. The van der Waals surface area contributed by atoms with Gasteiger partial charge < -0.3 is 5.32 Å². The Bertz CT molecular complexity index is 923. The Morgan fingerprint density at radius 2 is 1.40 bits per heavy atom. The number of hydrogen-bond donors (Lipinski definition) is 1. The number of carbonyl (C=O) groups excluding carboxylic acids is 2. The van der Waals surface area contributed by atoms with Crippen molar-refractivity contribution in [3.05, 3.63) is 90.5 Å². The first-order valence-corrected chi connectivity index (χ1v) is 8.09. The average molecular weight is 328 g/mol. The molecule has 0 bridgehead atoms. The minimum Gasteiger partial charge on any atom is -0.325 e. The zero-order valence-corrected chi connectivity index (χ0v) is 13.4.